The number of anilines is 1. The van der Waals surface area contributed by atoms with Gasteiger partial charge in [-0.2, -0.15) is 0 Å². The highest BCUT2D eigenvalue weighted by molar-refractivity contribution is 7.92. The monoisotopic (exact) mass is 401 g/mol. The standard InChI is InChI=1S/C21H23NO5S/c1-4-6-19-20(21(23)26-5-2)17-13-15(9-12-18(17)27-19)22-28(24,25)16-10-7-14(3)8-11-16/h7-13,22H,4-6H2,1-3H3. The lowest BCUT2D eigenvalue weighted by Gasteiger charge is -2.09. The van der Waals surface area contributed by atoms with E-state index in [1.54, 1.807) is 49.4 Å². The molecule has 1 N–H and O–H groups in total. The Labute approximate surface area is 164 Å². The number of hydrogen-bond acceptors (Lipinski definition) is 5. The van der Waals surface area contributed by atoms with Crippen LogP contribution < -0.4 is 4.72 Å². The first kappa shape index (κ1) is 19.9. The lowest BCUT2D eigenvalue weighted by atomic mass is 10.1. The molecule has 0 atom stereocenters. The van der Waals surface area contributed by atoms with Crippen molar-refractivity contribution in [2.24, 2.45) is 0 Å². The third-order valence-electron chi connectivity index (χ3n) is 4.30. The van der Waals surface area contributed by atoms with Crippen LogP contribution in [0.3, 0.4) is 0 Å². The minimum absolute atomic E-state index is 0.169. The molecule has 0 aliphatic rings. The molecular formula is C21H23NO5S. The number of rotatable bonds is 7. The van der Waals surface area contributed by atoms with Gasteiger partial charge in [0, 0.05) is 17.5 Å². The average Bonchev–Trinajstić information content (AvgIpc) is 2.99. The summed E-state index contributed by atoms with van der Waals surface area (Å²) < 4.78 is 38.8. The first-order valence-electron chi connectivity index (χ1n) is 9.17. The van der Waals surface area contributed by atoms with Gasteiger partial charge >= 0.3 is 5.97 Å². The van der Waals surface area contributed by atoms with Crippen LogP contribution in [0.2, 0.25) is 0 Å². The van der Waals surface area contributed by atoms with Gasteiger partial charge in [0.1, 0.15) is 16.9 Å². The van der Waals surface area contributed by atoms with E-state index in [0.717, 1.165) is 12.0 Å². The molecule has 0 bridgehead atoms. The molecule has 0 unspecified atom stereocenters. The predicted octanol–water partition coefficient (Wildman–Crippen LogP) is 4.67. The van der Waals surface area contributed by atoms with E-state index in [2.05, 4.69) is 4.72 Å². The highest BCUT2D eigenvalue weighted by Gasteiger charge is 2.22. The van der Waals surface area contributed by atoms with Crippen LogP contribution in [0.5, 0.6) is 0 Å². The molecule has 0 radical (unpaired) electrons. The molecule has 1 aromatic heterocycles. The Morgan fingerprint density at radius 1 is 1.11 bits per heavy atom. The van der Waals surface area contributed by atoms with Gasteiger partial charge in [-0.05, 0) is 50.6 Å². The van der Waals surface area contributed by atoms with Gasteiger partial charge in [0.15, 0.2) is 0 Å². The molecule has 0 aliphatic carbocycles. The Bertz CT molecular complexity index is 1100. The maximum Gasteiger partial charge on any atom is 0.342 e. The zero-order valence-corrected chi connectivity index (χ0v) is 16.9. The highest BCUT2D eigenvalue weighted by atomic mass is 32.2. The van der Waals surface area contributed by atoms with Crippen LogP contribution in [0.1, 0.15) is 41.9 Å². The number of hydrogen-bond donors (Lipinski definition) is 1. The maximum atomic E-state index is 12.7. The second kappa shape index (κ2) is 8.06. The number of carbonyl (C=O) groups is 1. The van der Waals surface area contributed by atoms with Crippen molar-refractivity contribution in [3.8, 4) is 0 Å². The molecule has 0 fully saturated rings. The van der Waals surface area contributed by atoms with Gasteiger partial charge in [-0.15, -0.1) is 0 Å². The van der Waals surface area contributed by atoms with Gasteiger partial charge in [0.05, 0.1) is 11.5 Å². The van der Waals surface area contributed by atoms with E-state index in [9.17, 15) is 13.2 Å². The topological polar surface area (TPSA) is 85.6 Å². The van der Waals surface area contributed by atoms with Gasteiger partial charge in [-0.3, -0.25) is 4.72 Å². The fourth-order valence-electron chi connectivity index (χ4n) is 2.97. The van der Waals surface area contributed by atoms with Gasteiger partial charge in [0.25, 0.3) is 10.0 Å². The molecular weight excluding hydrogens is 378 g/mol. The zero-order valence-electron chi connectivity index (χ0n) is 16.1. The fourth-order valence-corrected chi connectivity index (χ4v) is 4.02. The van der Waals surface area contributed by atoms with E-state index in [4.69, 9.17) is 9.15 Å². The number of benzene rings is 2. The van der Waals surface area contributed by atoms with Crippen molar-refractivity contribution >= 4 is 32.6 Å². The molecule has 0 saturated carbocycles. The molecule has 0 saturated heterocycles. The lowest BCUT2D eigenvalue weighted by Crippen LogP contribution is -2.13. The maximum absolute atomic E-state index is 12.7. The first-order chi connectivity index (χ1) is 13.4. The van der Waals surface area contributed by atoms with E-state index in [1.165, 1.54) is 0 Å². The molecule has 3 rings (SSSR count). The number of furan rings is 1. The number of fused-ring (bicyclic) bond motifs is 1. The number of esters is 1. The number of carbonyl (C=O) groups excluding carboxylic acids is 1. The molecule has 28 heavy (non-hydrogen) atoms. The summed E-state index contributed by atoms with van der Waals surface area (Å²) in [6, 6.07) is 11.5. The first-order valence-corrected chi connectivity index (χ1v) is 10.7. The van der Waals surface area contributed by atoms with Crippen molar-refractivity contribution < 1.29 is 22.4 Å². The van der Waals surface area contributed by atoms with Gasteiger partial charge < -0.3 is 9.15 Å². The normalized spacial score (nSPS) is 11.5. The highest BCUT2D eigenvalue weighted by Crippen LogP contribution is 2.31. The quantitative estimate of drug-likeness (QED) is 0.582. The van der Waals surface area contributed by atoms with E-state index in [-0.39, 0.29) is 11.5 Å². The number of ether oxygens (including phenoxy) is 1. The van der Waals surface area contributed by atoms with Crippen molar-refractivity contribution in [1.29, 1.82) is 0 Å². The third-order valence-corrected chi connectivity index (χ3v) is 5.70. The summed E-state index contributed by atoms with van der Waals surface area (Å²) >= 11 is 0. The SMILES string of the molecule is CCCc1oc2ccc(NS(=O)(=O)c3ccc(C)cc3)cc2c1C(=O)OCC. The van der Waals surface area contributed by atoms with Gasteiger partial charge in [-0.25, -0.2) is 13.2 Å². The summed E-state index contributed by atoms with van der Waals surface area (Å²) in [5.41, 5.74) is 2.20. The summed E-state index contributed by atoms with van der Waals surface area (Å²) in [5, 5.41) is 0.533. The van der Waals surface area contributed by atoms with Crippen molar-refractivity contribution in [2.75, 3.05) is 11.3 Å². The van der Waals surface area contributed by atoms with E-state index >= 15 is 0 Å². The average molecular weight is 401 g/mol. The lowest BCUT2D eigenvalue weighted by molar-refractivity contribution is 0.0526. The Kier molecular flexibility index (Phi) is 5.74. The molecule has 0 spiro atoms. The smallest absolute Gasteiger partial charge is 0.342 e. The third kappa shape index (κ3) is 4.04. The van der Waals surface area contributed by atoms with E-state index < -0.39 is 16.0 Å². The largest absolute Gasteiger partial charge is 0.462 e. The zero-order chi connectivity index (χ0) is 20.3. The summed E-state index contributed by atoms with van der Waals surface area (Å²) in [6.07, 6.45) is 1.40. The summed E-state index contributed by atoms with van der Waals surface area (Å²) in [4.78, 5) is 12.6. The molecule has 148 valence electrons. The van der Waals surface area contributed by atoms with Crippen molar-refractivity contribution in [3.63, 3.8) is 0 Å². The summed E-state index contributed by atoms with van der Waals surface area (Å²) in [7, 11) is -3.74. The Balaban J connectivity index is 2.02. The van der Waals surface area contributed by atoms with Crippen LogP contribution in [0, 0.1) is 6.92 Å². The minimum atomic E-state index is -3.74. The van der Waals surface area contributed by atoms with Crippen LogP contribution in [-0.4, -0.2) is 21.0 Å². The van der Waals surface area contributed by atoms with Crippen LogP contribution in [0.15, 0.2) is 51.8 Å². The molecule has 2 aromatic carbocycles. The molecule has 6 nitrogen and oxygen atoms in total. The van der Waals surface area contributed by atoms with E-state index in [0.29, 0.717) is 34.4 Å². The summed E-state index contributed by atoms with van der Waals surface area (Å²) in [6.45, 7) is 5.86. The van der Waals surface area contributed by atoms with Gasteiger partial charge in [-0.1, -0.05) is 24.6 Å². The van der Waals surface area contributed by atoms with Crippen molar-refractivity contribution in [2.45, 2.75) is 38.5 Å². The molecule has 0 amide bonds. The molecule has 1 heterocycles. The van der Waals surface area contributed by atoms with Crippen molar-refractivity contribution in [3.05, 3.63) is 59.4 Å². The van der Waals surface area contributed by atoms with Crippen LogP contribution in [-0.2, 0) is 21.2 Å². The number of sulfonamides is 1. The predicted molar refractivity (Wildman–Crippen MR) is 108 cm³/mol. The van der Waals surface area contributed by atoms with Gasteiger partial charge in [0.2, 0.25) is 0 Å². The van der Waals surface area contributed by atoms with E-state index in [1.807, 2.05) is 13.8 Å². The molecule has 3 aromatic rings. The Morgan fingerprint density at radius 3 is 2.46 bits per heavy atom. The number of aryl methyl sites for hydroxylation is 2. The molecule has 7 heteroatoms. The summed E-state index contributed by atoms with van der Waals surface area (Å²) in [5.74, 6) is 0.0812. The second-order valence-electron chi connectivity index (χ2n) is 6.50. The van der Waals surface area contributed by atoms with Crippen LogP contribution in [0.4, 0.5) is 5.69 Å². The van der Waals surface area contributed by atoms with Crippen molar-refractivity contribution in [1.82, 2.24) is 0 Å². The van der Waals surface area contributed by atoms with Crippen LogP contribution in [0.25, 0.3) is 11.0 Å². The Hall–Kier alpha value is -2.80. The number of nitrogens with one attached hydrogen (secondary N) is 1. The fraction of sp³-hybridized carbons (Fsp3) is 0.286. The second-order valence-corrected chi connectivity index (χ2v) is 8.18. The Morgan fingerprint density at radius 2 is 1.82 bits per heavy atom. The minimum Gasteiger partial charge on any atom is -0.462 e. The molecule has 0 aliphatic heterocycles. The van der Waals surface area contributed by atoms with Crippen LogP contribution >= 0.6 is 0 Å².